The highest BCUT2D eigenvalue weighted by molar-refractivity contribution is 5.97. The summed E-state index contributed by atoms with van der Waals surface area (Å²) in [5.41, 5.74) is 4.88. The molecule has 0 aliphatic heterocycles. The zero-order valence-corrected chi connectivity index (χ0v) is 7.80. The first kappa shape index (κ1) is 11.3. The Morgan fingerprint density at radius 1 is 1.13 bits per heavy atom. The molecular weight excluding hydrogens is 204 g/mol. The average molecular weight is 213 g/mol. The summed E-state index contributed by atoms with van der Waals surface area (Å²) in [4.78, 5) is 21.7. The molecule has 0 spiro atoms. The number of Topliss-reactive ketones (excluding diaryl/α,β-unsaturated/α-hetero) is 1. The molecule has 80 valence electrons. The van der Waals surface area contributed by atoms with Crippen LogP contribution in [-0.2, 0) is 4.79 Å². The summed E-state index contributed by atoms with van der Waals surface area (Å²) < 4.78 is 25.2. The van der Waals surface area contributed by atoms with Crippen molar-refractivity contribution in [2.24, 2.45) is 5.73 Å². The molecule has 0 aromatic heterocycles. The third-order valence-electron chi connectivity index (χ3n) is 1.84. The van der Waals surface area contributed by atoms with Crippen LogP contribution in [0.1, 0.15) is 23.2 Å². The molecule has 2 N–H and O–H groups in total. The second-order valence-corrected chi connectivity index (χ2v) is 3.02. The van der Waals surface area contributed by atoms with Gasteiger partial charge in [0.05, 0.1) is 0 Å². The van der Waals surface area contributed by atoms with Gasteiger partial charge >= 0.3 is 0 Å². The van der Waals surface area contributed by atoms with Gasteiger partial charge in [-0.25, -0.2) is 8.78 Å². The Kier molecular flexibility index (Phi) is 3.49. The zero-order valence-electron chi connectivity index (χ0n) is 7.80. The molecule has 3 nitrogen and oxygen atoms in total. The molecule has 0 bridgehead atoms. The van der Waals surface area contributed by atoms with Crippen LogP contribution in [-0.4, -0.2) is 11.7 Å². The van der Waals surface area contributed by atoms with Crippen molar-refractivity contribution in [3.8, 4) is 0 Å². The maximum Gasteiger partial charge on any atom is 0.217 e. The van der Waals surface area contributed by atoms with Crippen molar-refractivity contribution >= 4 is 11.7 Å². The summed E-state index contributed by atoms with van der Waals surface area (Å²) >= 11 is 0. The van der Waals surface area contributed by atoms with Gasteiger partial charge in [-0.3, -0.25) is 9.59 Å². The minimum atomic E-state index is -1.08. The Hall–Kier alpha value is -1.78. The van der Waals surface area contributed by atoms with E-state index in [1.807, 2.05) is 0 Å². The number of primary amides is 1. The lowest BCUT2D eigenvalue weighted by atomic mass is 10.1. The average Bonchev–Trinajstić information content (AvgIpc) is 2.18. The second-order valence-electron chi connectivity index (χ2n) is 3.02. The van der Waals surface area contributed by atoms with Crippen LogP contribution in [0.4, 0.5) is 8.78 Å². The fourth-order valence-electron chi connectivity index (χ4n) is 1.05. The van der Waals surface area contributed by atoms with E-state index in [1.54, 1.807) is 0 Å². The molecule has 1 amide bonds. The Labute approximate surface area is 84.9 Å². The molecule has 0 atom stereocenters. The molecule has 0 heterocycles. The van der Waals surface area contributed by atoms with E-state index in [4.69, 9.17) is 5.73 Å². The fraction of sp³-hybridized carbons (Fsp3) is 0.200. The maximum absolute atomic E-state index is 12.7. The first-order chi connectivity index (χ1) is 7.00. The first-order valence-electron chi connectivity index (χ1n) is 4.27. The SMILES string of the molecule is NC(=O)CCC(=O)c1ccc(F)c(F)c1. The Morgan fingerprint density at radius 3 is 2.33 bits per heavy atom. The lowest BCUT2D eigenvalue weighted by Gasteiger charge is -2.00. The number of ketones is 1. The molecule has 15 heavy (non-hydrogen) atoms. The molecule has 0 saturated carbocycles. The Morgan fingerprint density at radius 2 is 1.80 bits per heavy atom. The summed E-state index contributed by atoms with van der Waals surface area (Å²) in [5, 5.41) is 0. The van der Waals surface area contributed by atoms with Crippen LogP contribution >= 0.6 is 0 Å². The topological polar surface area (TPSA) is 60.2 Å². The number of hydrogen-bond donors (Lipinski definition) is 1. The van der Waals surface area contributed by atoms with Gasteiger partial charge in [0.2, 0.25) is 5.91 Å². The number of benzene rings is 1. The van der Waals surface area contributed by atoms with Crippen molar-refractivity contribution < 1.29 is 18.4 Å². The summed E-state index contributed by atoms with van der Waals surface area (Å²) in [5.74, 6) is -3.14. The number of amides is 1. The van der Waals surface area contributed by atoms with Crippen molar-refractivity contribution in [2.45, 2.75) is 12.8 Å². The minimum absolute atomic E-state index is 0.0372. The molecule has 5 heteroatoms. The summed E-state index contributed by atoms with van der Waals surface area (Å²) in [6.45, 7) is 0. The highest BCUT2D eigenvalue weighted by Gasteiger charge is 2.10. The van der Waals surface area contributed by atoms with Crippen LogP contribution in [0.15, 0.2) is 18.2 Å². The van der Waals surface area contributed by atoms with Crippen LogP contribution < -0.4 is 5.73 Å². The maximum atomic E-state index is 12.7. The Bertz CT molecular complexity index is 404. The van der Waals surface area contributed by atoms with Gasteiger partial charge < -0.3 is 5.73 Å². The predicted octanol–water partition coefficient (Wildman–Crippen LogP) is 1.41. The molecule has 0 aliphatic carbocycles. The van der Waals surface area contributed by atoms with E-state index in [1.165, 1.54) is 6.07 Å². The third kappa shape index (κ3) is 3.12. The van der Waals surface area contributed by atoms with E-state index >= 15 is 0 Å². The van der Waals surface area contributed by atoms with Crippen molar-refractivity contribution in [1.82, 2.24) is 0 Å². The van der Waals surface area contributed by atoms with Gasteiger partial charge in [0, 0.05) is 18.4 Å². The van der Waals surface area contributed by atoms with Crippen LogP contribution in [0.3, 0.4) is 0 Å². The summed E-state index contributed by atoms with van der Waals surface area (Å²) in [6, 6.07) is 2.84. The van der Waals surface area contributed by atoms with E-state index in [0.717, 1.165) is 12.1 Å². The van der Waals surface area contributed by atoms with E-state index in [-0.39, 0.29) is 18.4 Å². The predicted molar refractivity (Wildman–Crippen MR) is 49.1 cm³/mol. The molecule has 1 rings (SSSR count). The van der Waals surface area contributed by atoms with Crippen LogP contribution in [0.2, 0.25) is 0 Å². The molecule has 0 fully saturated rings. The van der Waals surface area contributed by atoms with Gasteiger partial charge in [-0.05, 0) is 18.2 Å². The van der Waals surface area contributed by atoms with E-state index in [2.05, 4.69) is 0 Å². The van der Waals surface area contributed by atoms with Gasteiger partial charge in [-0.1, -0.05) is 0 Å². The van der Waals surface area contributed by atoms with Crippen molar-refractivity contribution in [2.75, 3.05) is 0 Å². The number of rotatable bonds is 4. The largest absolute Gasteiger partial charge is 0.370 e. The minimum Gasteiger partial charge on any atom is -0.370 e. The van der Waals surface area contributed by atoms with E-state index in [0.29, 0.717) is 0 Å². The first-order valence-corrected chi connectivity index (χ1v) is 4.27. The molecule has 0 saturated heterocycles. The lowest BCUT2D eigenvalue weighted by Crippen LogP contribution is -2.12. The molecule has 1 aromatic rings. The number of nitrogens with two attached hydrogens (primary N) is 1. The summed E-state index contributed by atoms with van der Waals surface area (Å²) in [6.07, 6.45) is -0.196. The smallest absolute Gasteiger partial charge is 0.217 e. The van der Waals surface area contributed by atoms with E-state index in [9.17, 15) is 18.4 Å². The molecular formula is C10H9F2NO2. The van der Waals surface area contributed by atoms with Crippen molar-refractivity contribution in [1.29, 1.82) is 0 Å². The highest BCUT2D eigenvalue weighted by Crippen LogP contribution is 2.11. The third-order valence-corrected chi connectivity index (χ3v) is 1.84. The van der Waals surface area contributed by atoms with Gasteiger partial charge in [0.1, 0.15) is 0 Å². The lowest BCUT2D eigenvalue weighted by molar-refractivity contribution is -0.118. The molecule has 1 aromatic carbocycles. The van der Waals surface area contributed by atoms with Gasteiger partial charge in [0.25, 0.3) is 0 Å². The molecule has 0 radical (unpaired) electrons. The molecule has 0 unspecified atom stereocenters. The van der Waals surface area contributed by atoms with Crippen LogP contribution in [0, 0.1) is 11.6 Å². The van der Waals surface area contributed by atoms with Crippen LogP contribution in [0.25, 0.3) is 0 Å². The number of carbonyl (C=O) groups is 2. The fourth-order valence-corrected chi connectivity index (χ4v) is 1.05. The molecule has 0 aliphatic rings. The quantitative estimate of drug-likeness (QED) is 0.769. The monoisotopic (exact) mass is 213 g/mol. The number of carbonyl (C=O) groups excluding carboxylic acids is 2. The van der Waals surface area contributed by atoms with Crippen molar-refractivity contribution in [3.05, 3.63) is 35.4 Å². The number of halogens is 2. The Balaban J connectivity index is 2.74. The number of hydrogen-bond acceptors (Lipinski definition) is 2. The van der Waals surface area contributed by atoms with Gasteiger partial charge in [0.15, 0.2) is 17.4 Å². The normalized spacial score (nSPS) is 10.0. The summed E-state index contributed by atoms with van der Waals surface area (Å²) in [7, 11) is 0. The highest BCUT2D eigenvalue weighted by atomic mass is 19.2. The standard InChI is InChI=1S/C10H9F2NO2/c11-7-2-1-6(5-8(7)12)9(14)3-4-10(13)15/h1-2,5H,3-4H2,(H2,13,15). The van der Waals surface area contributed by atoms with E-state index < -0.39 is 23.3 Å². The van der Waals surface area contributed by atoms with Crippen LogP contribution in [0.5, 0.6) is 0 Å². The zero-order chi connectivity index (χ0) is 11.4. The van der Waals surface area contributed by atoms with Crippen molar-refractivity contribution in [3.63, 3.8) is 0 Å². The van der Waals surface area contributed by atoms with Gasteiger partial charge in [-0.15, -0.1) is 0 Å². The second kappa shape index (κ2) is 4.63. The van der Waals surface area contributed by atoms with Gasteiger partial charge in [-0.2, -0.15) is 0 Å².